The van der Waals surface area contributed by atoms with Crippen molar-refractivity contribution in [2.75, 3.05) is 5.32 Å². The van der Waals surface area contributed by atoms with Crippen molar-refractivity contribution in [3.63, 3.8) is 0 Å². The molecule has 24 heavy (non-hydrogen) atoms. The number of hydrogen-bond acceptors (Lipinski definition) is 3. The van der Waals surface area contributed by atoms with E-state index in [9.17, 15) is 4.79 Å². The second-order valence-corrected chi connectivity index (χ2v) is 7.55. The van der Waals surface area contributed by atoms with Gasteiger partial charge in [-0.3, -0.25) is 4.79 Å². The van der Waals surface area contributed by atoms with Crippen LogP contribution in [-0.4, -0.2) is 10.9 Å². The number of halogens is 3. The second kappa shape index (κ2) is 7.66. The average Bonchev–Trinajstić information content (AvgIpc) is 3.02. The predicted octanol–water partition coefficient (Wildman–Crippen LogP) is 6.06. The number of nitrogens with one attached hydrogen (secondary N) is 1. The Morgan fingerprint density at radius 3 is 2.54 bits per heavy atom. The molecule has 1 aromatic heterocycles. The Kier molecular flexibility index (Phi) is 5.56. The van der Waals surface area contributed by atoms with Gasteiger partial charge in [0.05, 0.1) is 10.7 Å². The molecule has 7 heteroatoms. The zero-order valence-electron chi connectivity index (χ0n) is 12.2. The second-order valence-electron chi connectivity index (χ2n) is 4.94. The number of amides is 1. The van der Waals surface area contributed by atoms with E-state index in [0.29, 0.717) is 27.8 Å². The topological polar surface area (TPSA) is 42.0 Å². The number of carbonyl (C=O) groups is 1. The first kappa shape index (κ1) is 17.4. The summed E-state index contributed by atoms with van der Waals surface area (Å²) in [5.41, 5.74) is 1.88. The third-order valence-corrected chi connectivity index (χ3v) is 5.54. The van der Waals surface area contributed by atoms with Crippen LogP contribution >= 0.6 is 50.5 Å². The van der Waals surface area contributed by atoms with E-state index in [1.54, 1.807) is 23.6 Å². The zero-order chi connectivity index (χ0) is 17.1. The molecule has 3 nitrogen and oxygen atoms in total. The number of rotatable bonds is 4. The summed E-state index contributed by atoms with van der Waals surface area (Å²) in [5.74, 6) is -0.255. The molecule has 1 amide bonds. The molecular weight excluding hydrogens is 431 g/mol. The molecule has 3 rings (SSSR count). The minimum absolute atomic E-state index is 0.255. The van der Waals surface area contributed by atoms with Crippen LogP contribution in [0.2, 0.25) is 10.0 Å². The highest BCUT2D eigenvalue weighted by Gasteiger charge is 2.14. The van der Waals surface area contributed by atoms with Crippen LogP contribution in [-0.2, 0) is 6.42 Å². The predicted molar refractivity (Wildman–Crippen MR) is 103 cm³/mol. The van der Waals surface area contributed by atoms with Crippen molar-refractivity contribution >= 4 is 62.1 Å². The smallest absolute Gasteiger partial charge is 0.275 e. The van der Waals surface area contributed by atoms with Crippen LogP contribution in [0.25, 0.3) is 0 Å². The van der Waals surface area contributed by atoms with Crippen LogP contribution in [0.1, 0.15) is 21.1 Å². The third kappa shape index (κ3) is 3.98. The summed E-state index contributed by atoms with van der Waals surface area (Å²) in [7, 11) is 0. The minimum Gasteiger partial charge on any atom is -0.320 e. The molecule has 0 aliphatic rings. The number of carbonyl (C=O) groups excluding carboxylic acids is 1. The van der Waals surface area contributed by atoms with Crippen molar-refractivity contribution < 1.29 is 4.79 Å². The fourth-order valence-corrected chi connectivity index (χ4v) is 3.80. The maximum Gasteiger partial charge on any atom is 0.275 e. The van der Waals surface area contributed by atoms with E-state index in [0.717, 1.165) is 15.0 Å². The van der Waals surface area contributed by atoms with Crippen molar-refractivity contribution in [3.05, 3.63) is 78.6 Å². The van der Waals surface area contributed by atoms with Gasteiger partial charge in [0.1, 0.15) is 5.69 Å². The number of hydrogen-bond donors (Lipinski definition) is 1. The zero-order valence-corrected chi connectivity index (χ0v) is 16.1. The first-order valence-corrected chi connectivity index (χ1v) is 9.40. The van der Waals surface area contributed by atoms with Crippen LogP contribution < -0.4 is 5.32 Å². The van der Waals surface area contributed by atoms with Gasteiger partial charge in [0, 0.05) is 26.3 Å². The lowest BCUT2D eigenvalue weighted by atomic mass is 10.1. The monoisotopic (exact) mass is 440 g/mol. The van der Waals surface area contributed by atoms with Gasteiger partial charge in [-0.2, -0.15) is 0 Å². The Hall–Kier alpha value is -1.40. The molecule has 0 bridgehead atoms. The van der Waals surface area contributed by atoms with E-state index in [1.165, 1.54) is 11.3 Å². The lowest BCUT2D eigenvalue weighted by molar-refractivity contribution is 0.102. The van der Waals surface area contributed by atoms with Gasteiger partial charge in [-0.05, 0) is 45.8 Å². The summed E-state index contributed by atoms with van der Waals surface area (Å²) in [6.07, 6.45) is 0.492. The molecule has 1 N–H and O–H groups in total. The van der Waals surface area contributed by atoms with Crippen LogP contribution in [0, 0.1) is 0 Å². The van der Waals surface area contributed by atoms with Crippen molar-refractivity contribution in [2.45, 2.75) is 6.42 Å². The standard InChI is InChI=1S/C17H11BrCl2N2OS/c18-11-4-1-2-7-14(11)22-17(23)15-9-24-16(21-15)8-10-12(19)5-3-6-13(10)20/h1-7,9H,8H2,(H,22,23). The molecule has 1 heterocycles. The van der Waals surface area contributed by atoms with Gasteiger partial charge in [0.2, 0.25) is 0 Å². The number of anilines is 1. The van der Waals surface area contributed by atoms with Crippen molar-refractivity contribution in [2.24, 2.45) is 0 Å². The summed E-state index contributed by atoms with van der Waals surface area (Å²) >= 11 is 17.2. The normalized spacial score (nSPS) is 10.6. The van der Waals surface area contributed by atoms with Gasteiger partial charge in [-0.1, -0.05) is 41.4 Å². The molecule has 2 aromatic carbocycles. The fourth-order valence-electron chi connectivity index (χ4n) is 2.10. The van der Waals surface area contributed by atoms with E-state index in [-0.39, 0.29) is 5.91 Å². The van der Waals surface area contributed by atoms with Gasteiger partial charge in [-0.15, -0.1) is 11.3 Å². The van der Waals surface area contributed by atoms with E-state index in [4.69, 9.17) is 23.2 Å². The quantitative estimate of drug-likeness (QED) is 0.534. The van der Waals surface area contributed by atoms with Crippen molar-refractivity contribution in [1.29, 1.82) is 0 Å². The summed E-state index contributed by atoms with van der Waals surface area (Å²) in [5, 5.41) is 6.53. The third-order valence-electron chi connectivity index (χ3n) is 3.30. The first-order valence-electron chi connectivity index (χ1n) is 6.98. The molecule has 0 saturated heterocycles. The van der Waals surface area contributed by atoms with Crippen molar-refractivity contribution in [3.8, 4) is 0 Å². The Morgan fingerprint density at radius 1 is 1.12 bits per heavy atom. The molecule has 0 radical (unpaired) electrons. The van der Waals surface area contributed by atoms with Gasteiger partial charge < -0.3 is 5.32 Å². The summed E-state index contributed by atoms with van der Waals surface area (Å²) in [6, 6.07) is 12.8. The number of benzene rings is 2. The van der Waals surface area contributed by atoms with Gasteiger partial charge in [0.15, 0.2) is 0 Å². The molecule has 0 aliphatic heterocycles. The Balaban J connectivity index is 1.76. The van der Waals surface area contributed by atoms with E-state index in [2.05, 4.69) is 26.2 Å². The molecule has 0 unspecified atom stereocenters. The molecule has 0 saturated carbocycles. The molecule has 0 fully saturated rings. The SMILES string of the molecule is O=C(Nc1ccccc1Br)c1csc(Cc2c(Cl)cccc2Cl)n1. The highest BCUT2D eigenvalue weighted by Crippen LogP contribution is 2.28. The summed E-state index contributed by atoms with van der Waals surface area (Å²) in [6.45, 7) is 0. The molecule has 122 valence electrons. The highest BCUT2D eigenvalue weighted by atomic mass is 79.9. The summed E-state index contributed by atoms with van der Waals surface area (Å²) < 4.78 is 0.816. The Labute approximate surface area is 161 Å². The largest absolute Gasteiger partial charge is 0.320 e. The van der Waals surface area contributed by atoms with Gasteiger partial charge in [-0.25, -0.2) is 4.98 Å². The van der Waals surface area contributed by atoms with Crippen LogP contribution in [0.5, 0.6) is 0 Å². The maximum absolute atomic E-state index is 12.3. The number of para-hydroxylation sites is 1. The number of nitrogens with zero attached hydrogens (tertiary/aromatic N) is 1. The minimum atomic E-state index is -0.255. The number of aromatic nitrogens is 1. The van der Waals surface area contributed by atoms with Crippen LogP contribution in [0.4, 0.5) is 5.69 Å². The lowest BCUT2D eigenvalue weighted by Crippen LogP contribution is -2.12. The fraction of sp³-hybridized carbons (Fsp3) is 0.0588. The molecule has 0 atom stereocenters. The van der Waals surface area contributed by atoms with Gasteiger partial charge >= 0.3 is 0 Å². The molecular formula is C17H11BrCl2N2OS. The van der Waals surface area contributed by atoms with E-state index >= 15 is 0 Å². The molecule has 3 aromatic rings. The van der Waals surface area contributed by atoms with Crippen LogP contribution in [0.3, 0.4) is 0 Å². The van der Waals surface area contributed by atoms with Crippen LogP contribution in [0.15, 0.2) is 52.3 Å². The number of thiazole rings is 1. The maximum atomic E-state index is 12.3. The lowest BCUT2D eigenvalue weighted by Gasteiger charge is -2.05. The highest BCUT2D eigenvalue weighted by molar-refractivity contribution is 9.10. The van der Waals surface area contributed by atoms with Crippen molar-refractivity contribution in [1.82, 2.24) is 4.98 Å². The van der Waals surface area contributed by atoms with Gasteiger partial charge in [0.25, 0.3) is 5.91 Å². The Morgan fingerprint density at radius 2 is 1.83 bits per heavy atom. The summed E-state index contributed by atoms with van der Waals surface area (Å²) in [4.78, 5) is 16.7. The Bertz CT molecular complexity index is 878. The van der Waals surface area contributed by atoms with E-state index in [1.807, 2.05) is 24.3 Å². The average molecular weight is 442 g/mol. The van der Waals surface area contributed by atoms with E-state index < -0.39 is 0 Å². The molecule has 0 aliphatic carbocycles. The first-order chi connectivity index (χ1) is 11.5. The molecule has 0 spiro atoms.